The van der Waals surface area contributed by atoms with Crippen LogP contribution in [0.3, 0.4) is 0 Å². The zero-order chi connectivity index (χ0) is 19.1. The molecule has 5 rings (SSSR count). The van der Waals surface area contributed by atoms with Crippen LogP contribution in [0.1, 0.15) is 19.3 Å². The molecular weight excluding hydrogens is 361 g/mol. The van der Waals surface area contributed by atoms with E-state index in [2.05, 4.69) is 20.6 Å². The summed E-state index contributed by atoms with van der Waals surface area (Å²) in [7, 11) is 0. The van der Waals surface area contributed by atoms with E-state index in [9.17, 15) is 9.50 Å². The van der Waals surface area contributed by atoms with Crippen molar-refractivity contribution in [1.82, 2.24) is 25.3 Å². The van der Waals surface area contributed by atoms with E-state index in [1.54, 1.807) is 41.3 Å². The Kier molecular flexibility index (Phi) is 4.20. The summed E-state index contributed by atoms with van der Waals surface area (Å²) in [4.78, 5) is 0. The number of nitrogens with one attached hydrogen (secondary N) is 1. The molecule has 2 saturated heterocycles. The average Bonchev–Trinajstić information content (AvgIpc) is 3.37. The number of rotatable bonds is 4. The monoisotopic (exact) mass is 381 g/mol. The van der Waals surface area contributed by atoms with Crippen LogP contribution >= 0.6 is 0 Å². The van der Waals surface area contributed by atoms with E-state index in [1.165, 1.54) is 0 Å². The lowest BCUT2D eigenvalue weighted by molar-refractivity contribution is 0.0422. The molecule has 3 aromatic rings. The second-order valence-electron chi connectivity index (χ2n) is 7.29. The Bertz CT molecular complexity index is 963. The minimum absolute atomic E-state index is 0.0784. The lowest BCUT2D eigenvalue weighted by Gasteiger charge is -2.32. The van der Waals surface area contributed by atoms with Crippen LogP contribution in [0, 0.1) is 0 Å². The summed E-state index contributed by atoms with van der Waals surface area (Å²) >= 11 is 0. The zero-order valence-electron chi connectivity index (χ0n) is 15.1. The minimum Gasteiger partial charge on any atom is -0.507 e. The number of halogens is 1. The SMILES string of the molecule is Oc1cc(-n2cccn2)ccc1-c1ccc(O[C@@H]2CC3CCC(N3)[C@@H]2F)nn1. The van der Waals surface area contributed by atoms with Crippen LogP contribution in [0.2, 0.25) is 0 Å². The highest BCUT2D eigenvalue weighted by molar-refractivity contribution is 5.68. The number of phenolic OH excluding ortho intramolecular Hbond substituents is 1. The number of ether oxygens (including phenoxy) is 1. The van der Waals surface area contributed by atoms with Gasteiger partial charge in [-0.3, -0.25) is 0 Å². The third kappa shape index (κ3) is 3.09. The molecule has 0 amide bonds. The summed E-state index contributed by atoms with van der Waals surface area (Å²) in [5, 5.41) is 26.0. The fourth-order valence-electron chi connectivity index (χ4n) is 4.05. The maximum atomic E-state index is 14.5. The standard InChI is InChI=1S/C20H20FN5O2/c21-20-16-5-2-12(23-16)10-18(20)28-19-7-6-15(24-25-19)14-4-3-13(11-17(14)27)26-9-1-8-22-26/h1,3-4,6-9,11-12,16,18,20,23,27H,2,5,10H2/t12?,16?,18-,20+/m1/s1. The first kappa shape index (κ1) is 17.1. The Morgan fingerprint density at radius 2 is 2.11 bits per heavy atom. The van der Waals surface area contributed by atoms with Crippen LogP contribution in [-0.4, -0.2) is 49.4 Å². The van der Waals surface area contributed by atoms with E-state index in [-0.39, 0.29) is 11.8 Å². The van der Waals surface area contributed by atoms with Gasteiger partial charge in [-0.2, -0.15) is 5.10 Å². The van der Waals surface area contributed by atoms with Crippen molar-refractivity contribution in [2.45, 2.75) is 43.6 Å². The van der Waals surface area contributed by atoms with Crippen LogP contribution in [0.25, 0.3) is 16.9 Å². The van der Waals surface area contributed by atoms with Gasteiger partial charge in [0, 0.05) is 48.6 Å². The summed E-state index contributed by atoms with van der Waals surface area (Å²) in [6, 6.07) is 10.6. The van der Waals surface area contributed by atoms with Crippen LogP contribution < -0.4 is 10.1 Å². The number of aromatic nitrogens is 4. The molecule has 0 spiro atoms. The molecule has 2 unspecified atom stereocenters. The molecule has 0 radical (unpaired) electrons. The number of alkyl halides is 1. The number of fused-ring (bicyclic) bond motifs is 2. The van der Waals surface area contributed by atoms with E-state index in [4.69, 9.17) is 4.74 Å². The number of hydrogen-bond acceptors (Lipinski definition) is 6. The summed E-state index contributed by atoms with van der Waals surface area (Å²) in [5.74, 6) is 0.375. The van der Waals surface area contributed by atoms with E-state index < -0.39 is 12.3 Å². The summed E-state index contributed by atoms with van der Waals surface area (Å²) in [6.07, 6.45) is 4.40. The van der Waals surface area contributed by atoms with Gasteiger partial charge in [0.15, 0.2) is 6.17 Å². The molecule has 4 atom stereocenters. The third-order valence-electron chi connectivity index (χ3n) is 5.47. The van der Waals surface area contributed by atoms with E-state index in [0.29, 0.717) is 29.6 Å². The van der Waals surface area contributed by atoms with Crippen molar-refractivity contribution in [3.05, 3.63) is 48.8 Å². The van der Waals surface area contributed by atoms with Crippen molar-refractivity contribution >= 4 is 0 Å². The van der Waals surface area contributed by atoms with Gasteiger partial charge in [0.05, 0.1) is 11.4 Å². The first-order valence-corrected chi connectivity index (χ1v) is 9.41. The quantitative estimate of drug-likeness (QED) is 0.723. The van der Waals surface area contributed by atoms with Gasteiger partial charge in [-0.15, -0.1) is 10.2 Å². The van der Waals surface area contributed by atoms with Crippen molar-refractivity contribution in [3.63, 3.8) is 0 Å². The maximum Gasteiger partial charge on any atom is 0.233 e. The number of nitrogens with zero attached hydrogens (tertiary/aromatic N) is 4. The molecular formula is C20H20FN5O2. The Morgan fingerprint density at radius 1 is 1.18 bits per heavy atom. The highest BCUT2D eigenvalue weighted by Crippen LogP contribution is 2.33. The smallest absolute Gasteiger partial charge is 0.233 e. The van der Waals surface area contributed by atoms with Crippen LogP contribution in [0.4, 0.5) is 4.39 Å². The normalized spacial score (nSPS) is 26.3. The highest BCUT2D eigenvalue weighted by Gasteiger charge is 2.43. The first-order chi connectivity index (χ1) is 13.7. The van der Waals surface area contributed by atoms with Crippen LogP contribution in [-0.2, 0) is 0 Å². The fraction of sp³-hybridized carbons (Fsp3) is 0.350. The predicted molar refractivity (Wildman–Crippen MR) is 100 cm³/mol. The fourth-order valence-corrected chi connectivity index (χ4v) is 4.05. The molecule has 2 N–H and O–H groups in total. The molecule has 4 heterocycles. The lowest BCUT2D eigenvalue weighted by Crippen LogP contribution is -2.51. The van der Waals surface area contributed by atoms with Crippen molar-refractivity contribution < 1.29 is 14.2 Å². The van der Waals surface area contributed by atoms with Gasteiger partial charge in [-0.1, -0.05) is 0 Å². The minimum atomic E-state index is -1.04. The molecule has 0 aliphatic carbocycles. The Hall–Kier alpha value is -3.00. The molecule has 1 aromatic carbocycles. The van der Waals surface area contributed by atoms with Gasteiger partial charge in [0.25, 0.3) is 0 Å². The summed E-state index contributed by atoms with van der Waals surface area (Å²) in [6.45, 7) is 0. The average molecular weight is 381 g/mol. The third-order valence-corrected chi connectivity index (χ3v) is 5.47. The van der Waals surface area contributed by atoms with E-state index in [0.717, 1.165) is 18.5 Å². The Labute approximate surface area is 161 Å². The predicted octanol–water partition coefficient (Wildman–Crippen LogP) is 2.64. The van der Waals surface area contributed by atoms with Gasteiger partial charge in [-0.05, 0) is 37.1 Å². The number of aromatic hydroxyl groups is 1. The molecule has 28 heavy (non-hydrogen) atoms. The van der Waals surface area contributed by atoms with Crippen molar-refractivity contribution in [1.29, 1.82) is 0 Å². The topological polar surface area (TPSA) is 85.1 Å². The van der Waals surface area contributed by atoms with Gasteiger partial charge in [0.2, 0.25) is 5.88 Å². The van der Waals surface area contributed by atoms with Crippen molar-refractivity contribution in [2.75, 3.05) is 0 Å². The van der Waals surface area contributed by atoms with E-state index in [1.807, 2.05) is 12.1 Å². The highest BCUT2D eigenvalue weighted by atomic mass is 19.1. The molecule has 2 aliphatic heterocycles. The maximum absolute atomic E-state index is 14.5. The molecule has 2 fully saturated rings. The molecule has 2 aromatic heterocycles. The van der Waals surface area contributed by atoms with Crippen LogP contribution in [0.15, 0.2) is 48.8 Å². The van der Waals surface area contributed by atoms with Crippen LogP contribution in [0.5, 0.6) is 11.6 Å². The lowest BCUT2D eigenvalue weighted by atomic mass is 10.0. The molecule has 2 aliphatic rings. The number of benzene rings is 1. The molecule has 8 heteroatoms. The second-order valence-corrected chi connectivity index (χ2v) is 7.29. The van der Waals surface area contributed by atoms with Crippen molar-refractivity contribution in [3.8, 4) is 28.6 Å². The van der Waals surface area contributed by atoms with Gasteiger partial charge >= 0.3 is 0 Å². The molecule has 7 nitrogen and oxygen atoms in total. The Balaban J connectivity index is 1.32. The number of piperidine rings is 1. The largest absolute Gasteiger partial charge is 0.507 e. The zero-order valence-corrected chi connectivity index (χ0v) is 15.1. The van der Waals surface area contributed by atoms with Gasteiger partial charge in [-0.25, -0.2) is 9.07 Å². The van der Waals surface area contributed by atoms with Gasteiger partial charge in [0.1, 0.15) is 11.9 Å². The summed E-state index contributed by atoms with van der Waals surface area (Å²) < 4.78 is 21.9. The van der Waals surface area contributed by atoms with Gasteiger partial charge < -0.3 is 15.2 Å². The Morgan fingerprint density at radius 3 is 2.86 bits per heavy atom. The molecule has 0 saturated carbocycles. The number of hydrogen-bond donors (Lipinski definition) is 2. The number of phenols is 1. The first-order valence-electron chi connectivity index (χ1n) is 9.41. The molecule has 144 valence electrons. The van der Waals surface area contributed by atoms with Crippen molar-refractivity contribution in [2.24, 2.45) is 0 Å². The molecule has 2 bridgehead atoms. The summed E-state index contributed by atoms with van der Waals surface area (Å²) in [5.41, 5.74) is 1.81. The second kappa shape index (κ2) is 6.87. The van der Waals surface area contributed by atoms with E-state index >= 15 is 0 Å².